The Kier molecular flexibility index (Phi) is 6.18. The first-order valence-electron chi connectivity index (χ1n) is 16.6. The molecule has 3 nitrogen and oxygen atoms in total. The lowest BCUT2D eigenvalue weighted by Gasteiger charge is -2.28. The van der Waals surface area contributed by atoms with Crippen LogP contribution in [0.3, 0.4) is 0 Å². The van der Waals surface area contributed by atoms with Gasteiger partial charge in [0.25, 0.3) is 0 Å². The molecule has 230 valence electrons. The molecule has 10 aromatic rings. The third kappa shape index (κ3) is 4.44. The van der Waals surface area contributed by atoms with Crippen LogP contribution in [0.15, 0.2) is 185 Å². The van der Waals surface area contributed by atoms with Gasteiger partial charge in [0.15, 0.2) is 0 Å². The Labute approximate surface area is 282 Å². The lowest BCUT2D eigenvalue weighted by Crippen LogP contribution is -2.11. The number of nitrogens with zero attached hydrogens (tertiary/aromatic N) is 1. The molecule has 0 aliphatic heterocycles. The van der Waals surface area contributed by atoms with E-state index in [9.17, 15) is 0 Å². The first-order chi connectivity index (χ1) is 24.3. The summed E-state index contributed by atoms with van der Waals surface area (Å²) in [4.78, 5) is 2.35. The lowest BCUT2D eigenvalue weighted by molar-refractivity contribution is 0.669. The smallest absolute Gasteiger partial charge is 0.143 e. The van der Waals surface area contributed by atoms with E-state index in [4.69, 9.17) is 8.83 Å². The van der Waals surface area contributed by atoms with Crippen LogP contribution in [0.25, 0.3) is 76.9 Å². The number of hydrogen-bond acceptors (Lipinski definition) is 3. The second kappa shape index (κ2) is 11.0. The van der Waals surface area contributed by atoms with Crippen molar-refractivity contribution < 1.29 is 8.83 Å². The minimum absolute atomic E-state index is 0.853. The zero-order chi connectivity index (χ0) is 32.3. The fraction of sp³-hybridized carbons (Fsp3) is 0. The standard InChI is InChI=1S/C46H29NO2/c1-2-16-34-30(12-1)13-10-20-35(34)31-14-9-15-32(28-31)47(33-26-27-39-37-18-4-7-24-43(37)48-45(39)29-33)42-23-6-3-17-36(42)40-21-11-22-41-38-19-5-8-25-44(38)49-46(40)41/h1-29H. The topological polar surface area (TPSA) is 29.5 Å². The van der Waals surface area contributed by atoms with E-state index in [1.165, 1.54) is 16.3 Å². The summed E-state index contributed by atoms with van der Waals surface area (Å²) in [7, 11) is 0. The molecule has 0 atom stereocenters. The molecule has 10 rings (SSSR count). The van der Waals surface area contributed by atoms with E-state index in [0.29, 0.717) is 0 Å². The molecule has 0 amide bonds. The van der Waals surface area contributed by atoms with E-state index in [-0.39, 0.29) is 0 Å². The molecular weight excluding hydrogens is 599 g/mol. The number of fused-ring (bicyclic) bond motifs is 7. The third-order valence-electron chi connectivity index (χ3n) is 9.66. The highest BCUT2D eigenvalue weighted by molar-refractivity contribution is 6.11. The van der Waals surface area contributed by atoms with E-state index in [0.717, 1.165) is 77.6 Å². The van der Waals surface area contributed by atoms with Gasteiger partial charge in [-0.3, -0.25) is 0 Å². The summed E-state index contributed by atoms with van der Waals surface area (Å²) in [6.07, 6.45) is 0. The van der Waals surface area contributed by atoms with Gasteiger partial charge in [0.1, 0.15) is 22.3 Å². The second-order valence-electron chi connectivity index (χ2n) is 12.5. The largest absolute Gasteiger partial charge is 0.456 e. The van der Waals surface area contributed by atoms with Gasteiger partial charge in [-0.15, -0.1) is 0 Å². The Balaban J connectivity index is 1.22. The van der Waals surface area contributed by atoms with Crippen LogP contribution < -0.4 is 4.90 Å². The van der Waals surface area contributed by atoms with E-state index < -0.39 is 0 Å². The van der Waals surface area contributed by atoms with Crippen molar-refractivity contribution >= 4 is 71.7 Å². The maximum absolute atomic E-state index is 6.56. The van der Waals surface area contributed by atoms with Crippen LogP contribution in [0.5, 0.6) is 0 Å². The van der Waals surface area contributed by atoms with Crippen molar-refractivity contribution in [2.24, 2.45) is 0 Å². The van der Waals surface area contributed by atoms with Crippen LogP contribution in [0.2, 0.25) is 0 Å². The first kappa shape index (κ1) is 27.5. The Morgan fingerprint density at radius 1 is 0.347 bits per heavy atom. The summed E-state index contributed by atoms with van der Waals surface area (Å²) in [5.74, 6) is 0. The molecule has 8 aromatic carbocycles. The minimum Gasteiger partial charge on any atom is -0.456 e. The summed E-state index contributed by atoms with van der Waals surface area (Å²) >= 11 is 0. The maximum Gasteiger partial charge on any atom is 0.143 e. The van der Waals surface area contributed by atoms with Crippen LogP contribution in [0.4, 0.5) is 17.1 Å². The molecule has 3 heteroatoms. The number of benzene rings is 8. The van der Waals surface area contributed by atoms with E-state index in [1.54, 1.807) is 0 Å². The van der Waals surface area contributed by atoms with Gasteiger partial charge in [-0.1, -0.05) is 127 Å². The van der Waals surface area contributed by atoms with Crippen molar-refractivity contribution in [1.29, 1.82) is 0 Å². The summed E-state index contributed by atoms with van der Waals surface area (Å²) in [6, 6.07) is 62.0. The minimum atomic E-state index is 0.853. The van der Waals surface area contributed by atoms with Crippen LogP contribution in [0, 0.1) is 0 Å². The molecule has 0 N–H and O–H groups in total. The molecular formula is C46H29NO2. The Bertz CT molecular complexity index is 2850. The van der Waals surface area contributed by atoms with Crippen molar-refractivity contribution in [2.45, 2.75) is 0 Å². The van der Waals surface area contributed by atoms with Crippen molar-refractivity contribution in [3.05, 3.63) is 176 Å². The van der Waals surface area contributed by atoms with Gasteiger partial charge in [0.2, 0.25) is 0 Å². The average molecular weight is 628 g/mol. The SMILES string of the molecule is c1cc(-c2cccc3ccccc23)cc(N(c2ccc3c(c2)oc2ccccc23)c2ccccc2-c2cccc3c2oc2ccccc23)c1. The van der Waals surface area contributed by atoms with Gasteiger partial charge in [0, 0.05) is 50.1 Å². The van der Waals surface area contributed by atoms with Gasteiger partial charge >= 0.3 is 0 Å². The fourth-order valence-electron chi connectivity index (χ4n) is 7.43. The number of hydrogen-bond donors (Lipinski definition) is 0. The highest BCUT2D eigenvalue weighted by atomic mass is 16.3. The van der Waals surface area contributed by atoms with E-state index in [1.807, 2.05) is 24.3 Å². The molecule has 0 saturated carbocycles. The molecule has 49 heavy (non-hydrogen) atoms. The predicted molar refractivity (Wildman–Crippen MR) is 204 cm³/mol. The zero-order valence-electron chi connectivity index (χ0n) is 26.5. The average Bonchev–Trinajstić information content (AvgIpc) is 3.73. The predicted octanol–water partition coefficient (Wildman–Crippen LogP) is 13.4. The normalized spacial score (nSPS) is 11.7. The number of anilines is 3. The van der Waals surface area contributed by atoms with E-state index >= 15 is 0 Å². The monoisotopic (exact) mass is 627 g/mol. The molecule has 0 bridgehead atoms. The summed E-state index contributed by atoms with van der Waals surface area (Å²) in [6.45, 7) is 0. The van der Waals surface area contributed by atoms with Crippen LogP contribution in [-0.2, 0) is 0 Å². The fourth-order valence-corrected chi connectivity index (χ4v) is 7.43. The zero-order valence-corrected chi connectivity index (χ0v) is 26.5. The van der Waals surface area contributed by atoms with Crippen LogP contribution >= 0.6 is 0 Å². The third-order valence-corrected chi connectivity index (χ3v) is 9.66. The molecule has 2 aromatic heterocycles. The van der Waals surface area contributed by atoms with Crippen molar-refractivity contribution in [1.82, 2.24) is 0 Å². The summed E-state index contributed by atoms with van der Waals surface area (Å²) in [5, 5.41) is 6.90. The van der Waals surface area contributed by atoms with E-state index in [2.05, 4.69) is 157 Å². The van der Waals surface area contributed by atoms with Gasteiger partial charge in [-0.05, 0) is 64.4 Å². The number of rotatable bonds is 5. The maximum atomic E-state index is 6.56. The highest BCUT2D eigenvalue weighted by Gasteiger charge is 2.22. The molecule has 0 spiro atoms. The molecule has 0 saturated heterocycles. The summed E-state index contributed by atoms with van der Waals surface area (Å²) in [5.41, 5.74) is 11.1. The number of furan rings is 2. The number of para-hydroxylation sites is 4. The highest BCUT2D eigenvalue weighted by Crippen LogP contribution is 2.46. The molecule has 0 unspecified atom stereocenters. The van der Waals surface area contributed by atoms with Gasteiger partial charge in [-0.2, -0.15) is 0 Å². The molecule has 0 radical (unpaired) electrons. The second-order valence-corrected chi connectivity index (χ2v) is 12.5. The lowest BCUT2D eigenvalue weighted by atomic mass is 9.97. The quantitative estimate of drug-likeness (QED) is 0.190. The summed E-state index contributed by atoms with van der Waals surface area (Å²) < 4.78 is 13.0. The molecule has 0 aliphatic rings. The Morgan fingerprint density at radius 3 is 1.84 bits per heavy atom. The van der Waals surface area contributed by atoms with Crippen molar-refractivity contribution in [3.63, 3.8) is 0 Å². The Hall–Kier alpha value is -6.58. The first-order valence-corrected chi connectivity index (χ1v) is 16.6. The van der Waals surface area contributed by atoms with Crippen molar-refractivity contribution in [2.75, 3.05) is 4.90 Å². The van der Waals surface area contributed by atoms with Crippen LogP contribution in [0.1, 0.15) is 0 Å². The van der Waals surface area contributed by atoms with Gasteiger partial charge in [-0.25, -0.2) is 0 Å². The van der Waals surface area contributed by atoms with Gasteiger partial charge < -0.3 is 13.7 Å². The molecule has 0 aliphatic carbocycles. The van der Waals surface area contributed by atoms with Gasteiger partial charge in [0.05, 0.1) is 5.69 Å². The molecule has 0 fully saturated rings. The van der Waals surface area contributed by atoms with Crippen LogP contribution in [-0.4, -0.2) is 0 Å². The van der Waals surface area contributed by atoms with Crippen molar-refractivity contribution in [3.8, 4) is 22.3 Å². The Morgan fingerprint density at radius 2 is 0.939 bits per heavy atom. The molecule has 2 heterocycles.